The molecule has 0 bridgehead atoms. The molecule has 0 heterocycles. The van der Waals surface area contributed by atoms with Crippen LogP contribution < -0.4 is 0 Å². The number of aromatic hydroxyl groups is 1. The fourth-order valence-corrected chi connectivity index (χ4v) is 3.51. The van der Waals surface area contributed by atoms with E-state index in [9.17, 15) is 26.5 Å². The van der Waals surface area contributed by atoms with Gasteiger partial charge < -0.3 is 5.11 Å². The minimum atomic E-state index is -4.75. The molecule has 0 aliphatic rings. The number of phenols is 1. The number of nitrogens with zero attached hydrogens (tertiary/aromatic N) is 2. The molecule has 0 aliphatic heterocycles. The van der Waals surface area contributed by atoms with Crippen molar-refractivity contribution in [2.24, 2.45) is 10.2 Å². The fraction of sp³-hybridized carbons (Fsp3) is 0. The van der Waals surface area contributed by atoms with Gasteiger partial charge in [0.25, 0.3) is 20.2 Å². The summed E-state index contributed by atoms with van der Waals surface area (Å²) in [6.45, 7) is 0. The summed E-state index contributed by atoms with van der Waals surface area (Å²) in [7, 11) is -9.39. The number of azo groups is 1. The second kappa shape index (κ2) is 6.70. The maximum Gasteiger partial charge on any atom is 0.296 e. The number of benzene rings is 3. The molecule has 3 aromatic rings. The van der Waals surface area contributed by atoms with Crippen LogP contribution in [-0.4, -0.2) is 31.0 Å². The van der Waals surface area contributed by atoms with Crippen LogP contribution in [0.3, 0.4) is 0 Å². The van der Waals surface area contributed by atoms with Gasteiger partial charge in [-0.2, -0.15) is 16.8 Å². The zero-order valence-corrected chi connectivity index (χ0v) is 15.0. The van der Waals surface area contributed by atoms with Gasteiger partial charge in [0, 0.05) is 5.39 Å². The second-order valence-corrected chi connectivity index (χ2v) is 8.25. The fourth-order valence-electron chi connectivity index (χ4n) is 2.41. The van der Waals surface area contributed by atoms with Crippen molar-refractivity contribution in [2.75, 3.05) is 0 Å². The number of phenolic OH excluding ortho intramolecular Hbond substituents is 1. The first-order chi connectivity index (χ1) is 12.6. The first-order valence-electron chi connectivity index (χ1n) is 7.29. The SMILES string of the molecule is O=S(=O)(O)c1ccc(S(=O)(=O)O)c(N=Nc2c(O)ccc3ccccc23)c1. The van der Waals surface area contributed by atoms with E-state index in [4.69, 9.17) is 4.55 Å². The number of hydrogen-bond donors (Lipinski definition) is 3. The van der Waals surface area contributed by atoms with Crippen LogP contribution in [0.25, 0.3) is 10.8 Å². The van der Waals surface area contributed by atoms with E-state index in [0.29, 0.717) is 5.39 Å². The van der Waals surface area contributed by atoms with Gasteiger partial charge in [-0.05, 0) is 29.7 Å². The van der Waals surface area contributed by atoms with Crippen molar-refractivity contribution in [1.82, 2.24) is 0 Å². The first-order valence-corrected chi connectivity index (χ1v) is 10.2. The van der Waals surface area contributed by atoms with Crippen molar-refractivity contribution < 1.29 is 31.0 Å². The normalized spacial score (nSPS) is 12.7. The Morgan fingerprint density at radius 3 is 2.15 bits per heavy atom. The predicted molar refractivity (Wildman–Crippen MR) is 95.9 cm³/mol. The Labute approximate surface area is 154 Å². The Kier molecular flexibility index (Phi) is 4.70. The Morgan fingerprint density at radius 1 is 0.778 bits per heavy atom. The predicted octanol–water partition coefficient (Wildman–Crippen LogP) is 3.45. The standard InChI is InChI=1S/C16H12N2O7S2/c19-14-7-5-10-3-1-2-4-12(10)16(14)18-17-13-9-11(26(20,21)22)6-8-15(13)27(23,24)25/h1-9,19H,(H,20,21,22)(H,23,24,25). The molecule has 0 radical (unpaired) electrons. The molecule has 3 aromatic carbocycles. The van der Waals surface area contributed by atoms with Gasteiger partial charge in [0.15, 0.2) is 0 Å². The van der Waals surface area contributed by atoms with Crippen molar-refractivity contribution in [1.29, 1.82) is 0 Å². The molecule has 0 fully saturated rings. The molecule has 3 rings (SSSR count). The maximum absolute atomic E-state index is 11.5. The third kappa shape index (κ3) is 3.95. The van der Waals surface area contributed by atoms with Crippen molar-refractivity contribution in [3.63, 3.8) is 0 Å². The van der Waals surface area contributed by atoms with Gasteiger partial charge >= 0.3 is 0 Å². The summed E-state index contributed by atoms with van der Waals surface area (Å²) < 4.78 is 64.0. The number of hydrogen-bond acceptors (Lipinski definition) is 7. The lowest BCUT2D eigenvalue weighted by molar-refractivity contribution is 0.476. The largest absolute Gasteiger partial charge is 0.506 e. The van der Waals surface area contributed by atoms with Crippen LogP contribution in [0, 0.1) is 0 Å². The monoisotopic (exact) mass is 408 g/mol. The average Bonchev–Trinajstić information content (AvgIpc) is 2.59. The summed E-state index contributed by atoms with van der Waals surface area (Å²) in [5.41, 5.74) is -0.508. The zero-order valence-electron chi connectivity index (χ0n) is 13.4. The van der Waals surface area contributed by atoms with Crippen molar-refractivity contribution in [3.8, 4) is 5.75 Å². The molecule has 0 aromatic heterocycles. The highest BCUT2D eigenvalue weighted by Crippen LogP contribution is 2.37. The summed E-state index contributed by atoms with van der Waals surface area (Å²) >= 11 is 0. The molecule has 0 saturated carbocycles. The van der Waals surface area contributed by atoms with Gasteiger partial charge in [0.2, 0.25) is 0 Å². The van der Waals surface area contributed by atoms with Crippen molar-refractivity contribution in [2.45, 2.75) is 9.79 Å². The molecule has 11 heteroatoms. The minimum Gasteiger partial charge on any atom is -0.506 e. The zero-order chi connectivity index (χ0) is 19.8. The van der Waals surface area contributed by atoms with Gasteiger partial charge in [0.1, 0.15) is 22.0 Å². The Balaban J connectivity index is 2.22. The van der Waals surface area contributed by atoms with E-state index in [1.807, 2.05) is 0 Å². The molecule has 0 unspecified atom stereocenters. The van der Waals surface area contributed by atoms with Crippen LogP contribution in [0.2, 0.25) is 0 Å². The Hall–Kier alpha value is -2.86. The summed E-state index contributed by atoms with van der Waals surface area (Å²) in [5, 5.41) is 18.8. The second-order valence-electron chi connectivity index (χ2n) is 5.43. The molecule has 140 valence electrons. The lowest BCUT2D eigenvalue weighted by Crippen LogP contribution is -2.02. The van der Waals surface area contributed by atoms with Crippen LogP contribution in [0.15, 0.2) is 74.6 Å². The topological polar surface area (TPSA) is 154 Å². The molecule has 0 aliphatic carbocycles. The van der Waals surface area contributed by atoms with Crippen molar-refractivity contribution in [3.05, 3.63) is 54.6 Å². The summed E-state index contributed by atoms with van der Waals surface area (Å²) in [4.78, 5) is -1.34. The molecule has 0 atom stereocenters. The molecule has 0 spiro atoms. The molecule has 9 nitrogen and oxygen atoms in total. The van der Waals surface area contributed by atoms with Gasteiger partial charge in [-0.15, -0.1) is 10.2 Å². The van der Waals surface area contributed by atoms with E-state index >= 15 is 0 Å². The lowest BCUT2D eigenvalue weighted by atomic mass is 10.1. The van der Waals surface area contributed by atoms with E-state index in [1.165, 1.54) is 6.07 Å². The number of fused-ring (bicyclic) bond motifs is 1. The van der Waals surface area contributed by atoms with Gasteiger partial charge in [-0.25, -0.2) is 0 Å². The molecule has 0 amide bonds. The first kappa shape index (κ1) is 18.9. The van der Waals surface area contributed by atoms with Crippen LogP contribution in [0.5, 0.6) is 5.75 Å². The molecule has 0 saturated heterocycles. The summed E-state index contributed by atoms with van der Waals surface area (Å²) in [5.74, 6) is -0.239. The highest BCUT2D eigenvalue weighted by molar-refractivity contribution is 7.86. The van der Waals surface area contributed by atoms with Crippen LogP contribution in [0.1, 0.15) is 0 Å². The van der Waals surface area contributed by atoms with Crippen LogP contribution in [-0.2, 0) is 20.2 Å². The summed E-state index contributed by atoms with van der Waals surface area (Å²) in [6, 6.07) is 12.2. The van der Waals surface area contributed by atoms with E-state index in [-0.39, 0.29) is 11.4 Å². The van der Waals surface area contributed by atoms with Gasteiger partial charge in [-0.3, -0.25) is 9.11 Å². The van der Waals surface area contributed by atoms with Gasteiger partial charge in [0.05, 0.1) is 4.90 Å². The van der Waals surface area contributed by atoms with Crippen LogP contribution >= 0.6 is 0 Å². The van der Waals surface area contributed by atoms with E-state index in [2.05, 4.69) is 10.2 Å². The molecule has 3 N–H and O–H groups in total. The van der Waals surface area contributed by atoms with Gasteiger partial charge in [-0.1, -0.05) is 30.3 Å². The Morgan fingerprint density at radius 2 is 1.48 bits per heavy atom. The Bertz CT molecular complexity index is 1280. The summed E-state index contributed by atoms with van der Waals surface area (Å²) in [6.07, 6.45) is 0. The molecular formula is C16H12N2O7S2. The van der Waals surface area contributed by atoms with Crippen molar-refractivity contribution >= 4 is 42.4 Å². The third-order valence-electron chi connectivity index (χ3n) is 3.64. The van der Waals surface area contributed by atoms with Crippen LogP contribution in [0.4, 0.5) is 11.4 Å². The molecule has 27 heavy (non-hydrogen) atoms. The molecular weight excluding hydrogens is 396 g/mol. The van der Waals surface area contributed by atoms with E-state index in [0.717, 1.165) is 23.6 Å². The highest BCUT2D eigenvalue weighted by Gasteiger charge is 2.20. The smallest absolute Gasteiger partial charge is 0.296 e. The third-order valence-corrected chi connectivity index (χ3v) is 5.39. The highest BCUT2D eigenvalue weighted by atomic mass is 32.2. The minimum absolute atomic E-state index is 0.0200. The average molecular weight is 408 g/mol. The quantitative estimate of drug-likeness (QED) is 0.441. The number of rotatable bonds is 4. The van der Waals surface area contributed by atoms with E-state index in [1.54, 1.807) is 30.3 Å². The maximum atomic E-state index is 11.5. The lowest BCUT2D eigenvalue weighted by Gasteiger charge is -2.06. The van der Waals surface area contributed by atoms with E-state index < -0.39 is 35.7 Å².